The Balaban J connectivity index is 1.72. The van der Waals surface area contributed by atoms with Gasteiger partial charge in [-0.05, 0) is 62.1 Å². The Morgan fingerprint density at radius 2 is 2.04 bits per heavy atom. The van der Waals surface area contributed by atoms with E-state index in [0.717, 1.165) is 41.0 Å². The predicted octanol–water partition coefficient (Wildman–Crippen LogP) is 3.80. The third kappa shape index (κ3) is 3.36. The zero-order chi connectivity index (χ0) is 16.4. The molecular formula is C19H20FNO2. The van der Waals surface area contributed by atoms with Gasteiger partial charge < -0.3 is 9.64 Å². The third-order valence-electron chi connectivity index (χ3n) is 4.14. The normalized spacial score (nSPS) is 13.6. The highest BCUT2D eigenvalue weighted by molar-refractivity contribution is 5.95. The summed E-state index contributed by atoms with van der Waals surface area (Å²) >= 11 is 0. The number of benzene rings is 2. The summed E-state index contributed by atoms with van der Waals surface area (Å²) in [6.45, 7) is 4.62. The molecule has 2 aromatic carbocycles. The number of carbonyl (C=O) groups is 1. The molecule has 1 aliphatic heterocycles. The van der Waals surface area contributed by atoms with Crippen molar-refractivity contribution in [1.29, 1.82) is 0 Å². The smallest absolute Gasteiger partial charge is 0.264 e. The number of aryl methyl sites for hydroxylation is 3. The van der Waals surface area contributed by atoms with Crippen molar-refractivity contribution < 1.29 is 13.9 Å². The van der Waals surface area contributed by atoms with E-state index >= 15 is 0 Å². The second kappa shape index (κ2) is 6.41. The molecule has 0 spiro atoms. The van der Waals surface area contributed by atoms with Gasteiger partial charge in [-0.1, -0.05) is 17.7 Å². The van der Waals surface area contributed by atoms with Gasteiger partial charge in [-0.25, -0.2) is 4.39 Å². The molecule has 0 unspecified atom stereocenters. The number of anilines is 1. The average Bonchev–Trinajstić information content (AvgIpc) is 2.53. The van der Waals surface area contributed by atoms with Gasteiger partial charge in [-0.2, -0.15) is 0 Å². The summed E-state index contributed by atoms with van der Waals surface area (Å²) in [6, 6.07) is 10.5. The molecule has 23 heavy (non-hydrogen) atoms. The van der Waals surface area contributed by atoms with Crippen molar-refractivity contribution in [3.8, 4) is 5.75 Å². The van der Waals surface area contributed by atoms with Crippen LogP contribution in [0, 0.1) is 19.7 Å². The van der Waals surface area contributed by atoms with E-state index in [0.29, 0.717) is 6.54 Å². The quantitative estimate of drug-likeness (QED) is 0.862. The summed E-state index contributed by atoms with van der Waals surface area (Å²) in [5, 5.41) is 0. The van der Waals surface area contributed by atoms with Crippen LogP contribution in [0.15, 0.2) is 36.4 Å². The fourth-order valence-electron chi connectivity index (χ4n) is 3.00. The Labute approximate surface area is 135 Å². The molecule has 0 radical (unpaired) electrons. The largest absolute Gasteiger partial charge is 0.483 e. The second-order valence-corrected chi connectivity index (χ2v) is 5.98. The van der Waals surface area contributed by atoms with E-state index < -0.39 is 0 Å². The van der Waals surface area contributed by atoms with Crippen LogP contribution in [0.4, 0.5) is 10.1 Å². The minimum Gasteiger partial charge on any atom is -0.483 e. The van der Waals surface area contributed by atoms with E-state index in [2.05, 4.69) is 0 Å². The van der Waals surface area contributed by atoms with Crippen molar-refractivity contribution in [3.05, 3.63) is 58.9 Å². The first kappa shape index (κ1) is 15.5. The van der Waals surface area contributed by atoms with Gasteiger partial charge in [0.2, 0.25) is 0 Å². The number of nitrogens with zero attached hydrogens (tertiary/aromatic N) is 1. The van der Waals surface area contributed by atoms with Crippen LogP contribution >= 0.6 is 0 Å². The first-order valence-corrected chi connectivity index (χ1v) is 7.83. The highest BCUT2D eigenvalue weighted by Crippen LogP contribution is 2.28. The summed E-state index contributed by atoms with van der Waals surface area (Å²) in [4.78, 5) is 14.2. The van der Waals surface area contributed by atoms with E-state index in [1.807, 2.05) is 32.0 Å². The molecule has 0 bridgehead atoms. The molecule has 0 aromatic heterocycles. The van der Waals surface area contributed by atoms with Crippen LogP contribution in [-0.4, -0.2) is 19.1 Å². The number of halogens is 1. The number of amides is 1. The third-order valence-corrected chi connectivity index (χ3v) is 4.14. The van der Waals surface area contributed by atoms with E-state index in [4.69, 9.17) is 4.74 Å². The minimum absolute atomic E-state index is 0.0132. The summed E-state index contributed by atoms with van der Waals surface area (Å²) in [5.74, 6) is 0.363. The van der Waals surface area contributed by atoms with Crippen molar-refractivity contribution >= 4 is 11.6 Å². The molecular weight excluding hydrogens is 293 g/mol. The molecule has 3 rings (SSSR count). The van der Waals surface area contributed by atoms with Crippen LogP contribution < -0.4 is 9.64 Å². The molecule has 4 heteroatoms. The van der Waals surface area contributed by atoms with Gasteiger partial charge in [0, 0.05) is 12.2 Å². The predicted molar refractivity (Wildman–Crippen MR) is 88.5 cm³/mol. The molecule has 2 aromatic rings. The van der Waals surface area contributed by atoms with E-state index in [9.17, 15) is 9.18 Å². The van der Waals surface area contributed by atoms with Crippen LogP contribution in [-0.2, 0) is 11.2 Å². The molecule has 120 valence electrons. The van der Waals surface area contributed by atoms with Gasteiger partial charge in [0.25, 0.3) is 5.91 Å². The minimum atomic E-state index is -0.260. The monoisotopic (exact) mass is 313 g/mol. The highest BCUT2D eigenvalue weighted by atomic mass is 19.1. The SMILES string of the molecule is Cc1ccc(OCC(=O)N2CCCc3cc(F)ccc32)c(C)c1. The van der Waals surface area contributed by atoms with E-state index in [1.54, 1.807) is 11.0 Å². The van der Waals surface area contributed by atoms with Crippen molar-refractivity contribution in [2.24, 2.45) is 0 Å². The lowest BCUT2D eigenvalue weighted by molar-refractivity contribution is -0.120. The highest BCUT2D eigenvalue weighted by Gasteiger charge is 2.23. The number of ether oxygens (including phenoxy) is 1. The summed E-state index contributed by atoms with van der Waals surface area (Å²) in [7, 11) is 0. The Morgan fingerprint density at radius 3 is 2.83 bits per heavy atom. The van der Waals surface area contributed by atoms with Gasteiger partial charge in [-0.15, -0.1) is 0 Å². The van der Waals surface area contributed by atoms with Crippen molar-refractivity contribution in [2.75, 3.05) is 18.1 Å². The lowest BCUT2D eigenvalue weighted by Crippen LogP contribution is -2.38. The average molecular weight is 313 g/mol. The molecule has 0 saturated carbocycles. The first-order valence-electron chi connectivity index (χ1n) is 7.83. The number of fused-ring (bicyclic) bond motifs is 1. The molecule has 3 nitrogen and oxygen atoms in total. The number of hydrogen-bond acceptors (Lipinski definition) is 2. The standard InChI is InChI=1S/C19H20FNO2/c1-13-5-8-18(14(2)10-13)23-12-19(22)21-9-3-4-15-11-16(20)6-7-17(15)21/h5-8,10-11H,3-4,9,12H2,1-2H3. The molecule has 0 fully saturated rings. The van der Waals surface area contributed by atoms with Gasteiger partial charge in [0.05, 0.1) is 0 Å². The molecule has 0 atom stereocenters. The maximum absolute atomic E-state index is 13.3. The zero-order valence-corrected chi connectivity index (χ0v) is 13.4. The summed E-state index contributed by atoms with van der Waals surface area (Å²) in [6.07, 6.45) is 1.64. The first-order chi connectivity index (χ1) is 11.0. The van der Waals surface area contributed by atoms with E-state index in [-0.39, 0.29) is 18.3 Å². The Bertz CT molecular complexity index is 742. The maximum Gasteiger partial charge on any atom is 0.264 e. The van der Waals surface area contributed by atoms with Gasteiger partial charge in [-0.3, -0.25) is 4.79 Å². The van der Waals surface area contributed by atoms with Crippen molar-refractivity contribution in [2.45, 2.75) is 26.7 Å². The van der Waals surface area contributed by atoms with Crippen LogP contribution in [0.2, 0.25) is 0 Å². The van der Waals surface area contributed by atoms with Crippen molar-refractivity contribution in [3.63, 3.8) is 0 Å². The lowest BCUT2D eigenvalue weighted by Gasteiger charge is -2.29. The van der Waals surface area contributed by atoms with Gasteiger partial charge in [0.1, 0.15) is 11.6 Å². The van der Waals surface area contributed by atoms with Crippen LogP contribution in [0.5, 0.6) is 5.75 Å². The second-order valence-electron chi connectivity index (χ2n) is 5.98. The lowest BCUT2D eigenvalue weighted by atomic mass is 10.0. The molecule has 0 saturated heterocycles. The molecule has 0 aliphatic carbocycles. The molecule has 1 heterocycles. The summed E-state index contributed by atoms with van der Waals surface area (Å²) < 4.78 is 19.0. The number of rotatable bonds is 3. The maximum atomic E-state index is 13.3. The fourth-order valence-corrected chi connectivity index (χ4v) is 3.00. The fraction of sp³-hybridized carbons (Fsp3) is 0.316. The Morgan fingerprint density at radius 1 is 1.22 bits per heavy atom. The van der Waals surface area contributed by atoms with Gasteiger partial charge in [0.15, 0.2) is 6.61 Å². The number of carbonyl (C=O) groups excluding carboxylic acids is 1. The Hall–Kier alpha value is -2.36. The molecule has 0 N–H and O–H groups in total. The van der Waals surface area contributed by atoms with E-state index in [1.165, 1.54) is 12.1 Å². The molecule has 1 amide bonds. The van der Waals surface area contributed by atoms with Crippen LogP contribution in [0.1, 0.15) is 23.1 Å². The zero-order valence-electron chi connectivity index (χ0n) is 13.4. The summed E-state index contributed by atoms with van der Waals surface area (Å²) in [5.41, 5.74) is 3.86. The van der Waals surface area contributed by atoms with Crippen molar-refractivity contribution in [1.82, 2.24) is 0 Å². The van der Waals surface area contributed by atoms with Crippen LogP contribution in [0.25, 0.3) is 0 Å². The topological polar surface area (TPSA) is 29.5 Å². The molecule has 1 aliphatic rings. The Kier molecular flexibility index (Phi) is 4.33. The van der Waals surface area contributed by atoms with Gasteiger partial charge >= 0.3 is 0 Å². The van der Waals surface area contributed by atoms with Crippen LogP contribution in [0.3, 0.4) is 0 Å². The number of hydrogen-bond donors (Lipinski definition) is 0.